The second-order valence-electron chi connectivity index (χ2n) is 6.35. The van der Waals surface area contributed by atoms with Gasteiger partial charge in [-0.3, -0.25) is 0 Å². The largest absolute Gasteiger partial charge is 0.373 e. The molecule has 2 unspecified atom stereocenters. The van der Waals surface area contributed by atoms with Gasteiger partial charge in [0.25, 0.3) is 0 Å². The lowest BCUT2D eigenvalue weighted by Gasteiger charge is -2.37. The Bertz CT molecular complexity index is 864. The van der Waals surface area contributed by atoms with Crippen molar-refractivity contribution in [1.29, 1.82) is 0 Å². The normalized spacial score (nSPS) is 18.8. The molecule has 0 amide bonds. The molecule has 1 aliphatic rings. The van der Waals surface area contributed by atoms with Crippen LogP contribution in [0.25, 0.3) is 11.6 Å². The van der Waals surface area contributed by atoms with Gasteiger partial charge in [-0.1, -0.05) is 60.7 Å². The molecule has 0 bridgehead atoms. The zero-order chi connectivity index (χ0) is 16.6. The fraction of sp³-hybridized carbons (Fsp3) is 0.182. The first-order valence-corrected chi connectivity index (χ1v) is 9.12. The van der Waals surface area contributed by atoms with Gasteiger partial charge >= 0.3 is 0 Å². The van der Waals surface area contributed by atoms with E-state index in [0.717, 1.165) is 0 Å². The van der Waals surface area contributed by atoms with Gasteiger partial charge in [-0.25, -0.2) is 0 Å². The summed E-state index contributed by atoms with van der Waals surface area (Å²) in [6.45, 7) is 2.20. The number of methoxy groups -OCH3 is 1. The number of hydrogen-bond donors (Lipinski definition) is 0. The molecule has 24 heavy (non-hydrogen) atoms. The van der Waals surface area contributed by atoms with Crippen molar-refractivity contribution in [2.45, 2.75) is 18.4 Å². The molecule has 1 aromatic heterocycles. The molecule has 3 aromatic rings. The molecule has 2 heteroatoms. The molecule has 0 saturated heterocycles. The quantitative estimate of drug-likeness (QED) is 0.574. The third kappa shape index (κ3) is 2.34. The molecule has 0 fully saturated rings. The van der Waals surface area contributed by atoms with Gasteiger partial charge < -0.3 is 4.74 Å². The van der Waals surface area contributed by atoms with E-state index in [1.54, 1.807) is 11.3 Å². The van der Waals surface area contributed by atoms with Crippen molar-refractivity contribution in [2.75, 3.05) is 7.11 Å². The average molecular weight is 332 g/mol. The van der Waals surface area contributed by atoms with Gasteiger partial charge in [0.05, 0.1) is 0 Å². The topological polar surface area (TPSA) is 9.23 Å². The molecule has 1 aliphatic carbocycles. The van der Waals surface area contributed by atoms with Crippen LogP contribution < -0.4 is 0 Å². The smallest absolute Gasteiger partial charge is 0.101 e. The van der Waals surface area contributed by atoms with Crippen molar-refractivity contribution in [3.05, 3.63) is 93.7 Å². The summed E-state index contributed by atoms with van der Waals surface area (Å²) in [5, 5.41) is 4.37. The van der Waals surface area contributed by atoms with E-state index in [1.807, 2.05) is 7.11 Å². The van der Waals surface area contributed by atoms with Crippen LogP contribution in [0.15, 0.2) is 71.4 Å². The summed E-state index contributed by atoms with van der Waals surface area (Å²) in [6.07, 6.45) is 2.32. The summed E-state index contributed by atoms with van der Waals surface area (Å²) in [5.74, 6) is 0.177. The Morgan fingerprint density at radius 1 is 0.958 bits per heavy atom. The average Bonchev–Trinajstić information content (AvgIpc) is 3.29. The number of thiophene rings is 1. The minimum absolute atomic E-state index is 0.177. The van der Waals surface area contributed by atoms with E-state index in [0.29, 0.717) is 0 Å². The van der Waals surface area contributed by atoms with Crippen molar-refractivity contribution in [3.63, 3.8) is 0 Å². The zero-order valence-corrected chi connectivity index (χ0v) is 14.7. The first-order chi connectivity index (χ1) is 11.7. The Morgan fingerprint density at radius 2 is 1.71 bits per heavy atom. The van der Waals surface area contributed by atoms with Crippen molar-refractivity contribution >= 4 is 23.0 Å². The van der Waals surface area contributed by atoms with Gasteiger partial charge in [0.2, 0.25) is 0 Å². The molecule has 0 saturated carbocycles. The molecule has 0 radical (unpaired) electrons. The predicted octanol–water partition coefficient (Wildman–Crippen LogP) is 5.95. The SMILES string of the molecule is COC(C)(c1ccccc1)C1C(c2ccsc2)=Cc2ccccc21. The summed E-state index contributed by atoms with van der Waals surface area (Å²) >= 11 is 1.74. The number of benzene rings is 2. The van der Waals surface area contributed by atoms with E-state index >= 15 is 0 Å². The summed E-state index contributed by atoms with van der Waals surface area (Å²) < 4.78 is 6.16. The van der Waals surface area contributed by atoms with Gasteiger partial charge in [-0.15, -0.1) is 0 Å². The van der Waals surface area contributed by atoms with Gasteiger partial charge in [-0.2, -0.15) is 11.3 Å². The Balaban J connectivity index is 1.91. The van der Waals surface area contributed by atoms with E-state index in [-0.39, 0.29) is 5.92 Å². The minimum Gasteiger partial charge on any atom is -0.373 e. The van der Waals surface area contributed by atoms with E-state index in [1.165, 1.54) is 27.8 Å². The highest BCUT2D eigenvalue weighted by Crippen LogP contribution is 2.53. The fourth-order valence-electron chi connectivity index (χ4n) is 3.77. The second kappa shape index (κ2) is 6.04. The Morgan fingerprint density at radius 3 is 2.42 bits per heavy atom. The summed E-state index contributed by atoms with van der Waals surface area (Å²) in [4.78, 5) is 0. The fourth-order valence-corrected chi connectivity index (χ4v) is 4.43. The van der Waals surface area contributed by atoms with Crippen molar-refractivity contribution in [1.82, 2.24) is 0 Å². The van der Waals surface area contributed by atoms with Crippen molar-refractivity contribution in [2.24, 2.45) is 0 Å². The van der Waals surface area contributed by atoms with Gasteiger partial charge in [0.15, 0.2) is 0 Å². The number of hydrogen-bond acceptors (Lipinski definition) is 2. The molecule has 1 nitrogen and oxygen atoms in total. The number of fused-ring (bicyclic) bond motifs is 1. The first kappa shape index (κ1) is 15.4. The Labute approximate surface area is 147 Å². The van der Waals surface area contributed by atoms with Gasteiger partial charge in [0, 0.05) is 13.0 Å². The Kier molecular flexibility index (Phi) is 3.87. The minimum atomic E-state index is -0.415. The van der Waals surface area contributed by atoms with Crippen LogP contribution in [-0.2, 0) is 10.3 Å². The van der Waals surface area contributed by atoms with Crippen molar-refractivity contribution in [3.8, 4) is 0 Å². The van der Waals surface area contributed by atoms with E-state index in [2.05, 4.69) is 84.4 Å². The highest BCUT2D eigenvalue weighted by molar-refractivity contribution is 7.08. The van der Waals surface area contributed by atoms with Crippen LogP contribution in [0.2, 0.25) is 0 Å². The van der Waals surface area contributed by atoms with Crippen LogP contribution in [-0.4, -0.2) is 7.11 Å². The maximum absolute atomic E-state index is 6.16. The molecule has 0 N–H and O–H groups in total. The molecular formula is C22H20OS. The maximum Gasteiger partial charge on any atom is 0.101 e. The Hall–Kier alpha value is -2.16. The molecule has 2 atom stereocenters. The molecule has 1 heterocycles. The molecule has 0 aliphatic heterocycles. The lowest BCUT2D eigenvalue weighted by molar-refractivity contribution is -0.00761. The highest BCUT2D eigenvalue weighted by atomic mass is 32.1. The monoisotopic (exact) mass is 332 g/mol. The molecular weight excluding hydrogens is 312 g/mol. The molecule has 0 spiro atoms. The van der Waals surface area contributed by atoms with Crippen LogP contribution in [0, 0.1) is 0 Å². The van der Waals surface area contributed by atoms with Gasteiger partial charge in [0.1, 0.15) is 5.60 Å². The van der Waals surface area contributed by atoms with E-state index in [9.17, 15) is 0 Å². The summed E-state index contributed by atoms with van der Waals surface area (Å²) in [6, 6.07) is 21.4. The van der Waals surface area contributed by atoms with Crippen LogP contribution >= 0.6 is 11.3 Å². The van der Waals surface area contributed by atoms with Crippen LogP contribution in [0.1, 0.15) is 35.1 Å². The lowest BCUT2D eigenvalue weighted by atomic mass is 9.75. The van der Waals surface area contributed by atoms with Gasteiger partial charge in [-0.05, 0) is 51.6 Å². The lowest BCUT2D eigenvalue weighted by Crippen LogP contribution is -2.32. The standard InChI is InChI=1S/C22H20OS/c1-22(23-2,18-9-4-3-5-10-18)21-19-11-7-6-8-16(19)14-20(21)17-12-13-24-15-17/h3-15,21H,1-2H3. The predicted molar refractivity (Wildman–Crippen MR) is 102 cm³/mol. The van der Waals surface area contributed by atoms with Crippen molar-refractivity contribution < 1.29 is 4.74 Å². The number of ether oxygens (including phenoxy) is 1. The second-order valence-corrected chi connectivity index (χ2v) is 7.13. The maximum atomic E-state index is 6.16. The van der Waals surface area contributed by atoms with E-state index in [4.69, 9.17) is 4.74 Å². The third-order valence-corrected chi connectivity index (χ3v) is 5.79. The molecule has 2 aromatic carbocycles. The molecule has 4 rings (SSSR count). The number of rotatable bonds is 4. The summed E-state index contributed by atoms with van der Waals surface area (Å²) in [7, 11) is 1.82. The van der Waals surface area contributed by atoms with Crippen LogP contribution in [0.3, 0.4) is 0 Å². The van der Waals surface area contributed by atoms with E-state index < -0.39 is 5.60 Å². The first-order valence-electron chi connectivity index (χ1n) is 8.18. The summed E-state index contributed by atoms with van der Waals surface area (Å²) in [5.41, 5.74) is 6.05. The molecule has 120 valence electrons. The zero-order valence-electron chi connectivity index (χ0n) is 13.9. The highest BCUT2D eigenvalue weighted by Gasteiger charge is 2.43. The third-order valence-electron chi connectivity index (χ3n) is 5.11. The van der Waals surface area contributed by atoms with Crippen LogP contribution in [0.4, 0.5) is 0 Å². The van der Waals surface area contributed by atoms with Crippen LogP contribution in [0.5, 0.6) is 0 Å².